The highest BCUT2D eigenvalue weighted by Crippen LogP contribution is 2.34. The van der Waals surface area contributed by atoms with Gasteiger partial charge in [0, 0.05) is 37.3 Å². The first-order valence-electron chi connectivity index (χ1n) is 11.5. The average Bonchev–Trinajstić information content (AvgIpc) is 3.07. The highest BCUT2D eigenvalue weighted by Gasteiger charge is 2.37. The van der Waals surface area contributed by atoms with Crippen LogP contribution in [0.3, 0.4) is 0 Å². The molecule has 1 aliphatic heterocycles. The molecule has 0 radical (unpaired) electrons. The molecule has 3 rings (SSSR count). The molecule has 2 amide bonds. The van der Waals surface area contributed by atoms with E-state index in [2.05, 4.69) is 5.10 Å². The summed E-state index contributed by atoms with van der Waals surface area (Å²) in [6.45, 7) is 11.2. The fourth-order valence-electron chi connectivity index (χ4n) is 3.67. The molecule has 36 heavy (non-hydrogen) atoms. The molecule has 1 fully saturated rings. The van der Waals surface area contributed by atoms with Crippen molar-refractivity contribution in [2.24, 2.45) is 0 Å². The molecule has 1 aromatic heterocycles. The second kappa shape index (κ2) is 9.75. The largest absolute Gasteiger partial charge is 0.444 e. The van der Waals surface area contributed by atoms with Gasteiger partial charge in [-0.2, -0.15) is 9.49 Å². The Bertz CT molecular complexity index is 1160. The summed E-state index contributed by atoms with van der Waals surface area (Å²) >= 11 is 0. The summed E-state index contributed by atoms with van der Waals surface area (Å²) in [5.41, 5.74) is -1.26. The molecule has 2 aromatic rings. The molecule has 0 N–H and O–H groups in total. The summed E-state index contributed by atoms with van der Waals surface area (Å²) in [6, 6.07) is 3.65. The second-order valence-electron chi connectivity index (χ2n) is 10.7. The van der Waals surface area contributed by atoms with Crippen LogP contribution in [-0.2, 0) is 16.0 Å². The Morgan fingerprint density at radius 3 is 2.31 bits per heavy atom. The summed E-state index contributed by atoms with van der Waals surface area (Å²) < 4.78 is 27.5. The van der Waals surface area contributed by atoms with Crippen LogP contribution in [-0.4, -0.2) is 68.0 Å². The lowest BCUT2D eigenvalue weighted by molar-refractivity contribution is -0.387. The summed E-state index contributed by atoms with van der Waals surface area (Å²) in [4.78, 5) is 38.3. The van der Waals surface area contributed by atoms with Crippen LogP contribution in [0.4, 0.5) is 19.7 Å². The van der Waals surface area contributed by atoms with Crippen LogP contribution in [0.1, 0.15) is 53.3 Å². The Morgan fingerprint density at radius 2 is 1.75 bits per heavy atom. The number of rotatable bonds is 5. The van der Waals surface area contributed by atoms with Gasteiger partial charge in [0.25, 0.3) is 0 Å². The number of carbonyl (C=O) groups is 2. The van der Waals surface area contributed by atoms with Gasteiger partial charge in [-0.05, 0) is 41.5 Å². The minimum absolute atomic E-state index is 0.00465. The first-order chi connectivity index (χ1) is 16.6. The number of benzene rings is 1. The minimum atomic E-state index is -0.993. The molecule has 0 atom stereocenters. The normalized spacial score (nSPS) is 14.3. The van der Waals surface area contributed by atoms with E-state index in [-0.39, 0.29) is 18.2 Å². The molecule has 0 unspecified atom stereocenters. The molecule has 1 saturated heterocycles. The number of amides is 2. The van der Waals surface area contributed by atoms with Crippen LogP contribution in [0.15, 0.2) is 24.4 Å². The zero-order valence-electron chi connectivity index (χ0n) is 21.6. The molecule has 12 heteroatoms. The lowest BCUT2D eigenvalue weighted by Gasteiger charge is -2.40. The van der Waals surface area contributed by atoms with Crippen molar-refractivity contribution in [2.75, 3.05) is 20.1 Å². The molecule has 0 aliphatic carbocycles. The predicted molar refractivity (Wildman–Crippen MR) is 129 cm³/mol. The average molecular weight is 506 g/mol. The first-order valence-corrected chi connectivity index (χ1v) is 11.5. The van der Waals surface area contributed by atoms with E-state index in [0.29, 0.717) is 24.3 Å². The Morgan fingerprint density at radius 1 is 1.14 bits per heavy atom. The van der Waals surface area contributed by atoms with Gasteiger partial charge < -0.3 is 19.3 Å². The van der Waals surface area contributed by atoms with E-state index >= 15 is 4.39 Å². The van der Waals surface area contributed by atoms with Gasteiger partial charge in [-0.15, -0.1) is 0 Å². The Labute approximate surface area is 208 Å². The molecule has 0 bridgehead atoms. The number of hydrogen-bond acceptors (Lipinski definition) is 7. The van der Waals surface area contributed by atoms with Crippen LogP contribution in [0.5, 0.6) is 0 Å². The van der Waals surface area contributed by atoms with Crippen molar-refractivity contribution in [1.29, 1.82) is 0 Å². The minimum Gasteiger partial charge on any atom is -0.444 e. The third-order valence-corrected chi connectivity index (χ3v) is 5.32. The standard InChI is InChI=1S/C24H32FN5O6/c1-23(2,3)35-21(31)27(7)14-19-17(16-9-8-10-18(20(16)25)30(33)34)11-26-29(19)15-12-28(13-15)22(32)36-24(4,5)6/h8-11,15H,12-14H2,1-7H3. The fourth-order valence-corrected chi connectivity index (χ4v) is 3.67. The van der Waals surface area contributed by atoms with E-state index < -0.39 is 39.8 Å². The molecule has 2 heterocycles. The Balaban J connectivity index is 1.94. The SMILES string of the molecule is CN(Cc1c(-c2cccc([N+](=O)[O-])c2F)cnn1C1CN(C(=O)OC(C)(C)C)C1)C(=O)OC(C)(C)C. The van der Waals surface area contributed by atoms with Crippen molar-refractivity contribution in [3.63, 3.8) is 0 Å². The van der Waals surface area contributed by atoms with Crippen molar-refractivity contribution in [1.82, 2.24) is 19.6 Å². The molecule has 0 saturated carbocycles. The summed E-state index contributed by atoms with van der Waals surface area (Å²) in [7, 11) is 1.53. The van der Waals surface area contributed by atoms with E-state index in [9.17, 15) is 19.7 Å². The zero-order chi connectivity index (χ0) is 27.0. The van der Waals surface area contributed by atoms with E-state index in [1.165, 1.54) is 35.2 Å². The maximum absolute atomic E-state index is 15.1. The van der Waals surface area contributed by atoms with Gasteiger partial charge in [-0.3, -0.25) is 14.8 Å². The van der Waals surface area contributed by atoms with Gasteiger partial charge in [-0.25, -0.2) is 9.59 Å². The fraction of sp³-hybridized carbons (Fsp3) is 0.542. The number of nitrogens with zero attached hydrogens (tertiary/aromatic N) is 5. The second-order valence-corrected chi connectivity index (χ2v) is 10.7. The molecule has 1 aromatic carbocycles. The van der Waals surface area contributed by atoms with Gasteiger partial charge in [0.05, 0.1) is 29.4 Å². The zero-order valence-corrected chi connectivity index (χ0v) is 21.6. The number of nitro benzene ring substituents is 1. The number of halogens is 1. The quantitative estimate of drug-likeness (QED) is 0.424. The van der Waals surface area contributed by atoms with Crippen molar-refractivity contribution < 1.29 is 28.4 Å². The van der Waals surface area contributed by atoms with Crippen LogP contribution >= 0.6 is 0 Å². The molecule has 11 nitrogen and oxygen atoms in total. The van der Waals surface area contributed by atoms with Gasteiger partial charge in [-0.1, -0.05) is 12.1 Å². The Kier molecular flexibility index (Phi) is 7.28. The van der Waals surface area contributed by atoms with Crippen molar-refractivity contribution in [3.05, 3.63) is 46.0 Å². The topological polar surface area (TPSA) is 120 Å². The number of nitro groups is 1. The van der Waals surface area contributed by atoms with Crippen LogP contribution in [0.25, 0.3) is 11.1 Å². The van der Waals surface area contributed by atoms with Gasteiger partial charge in [0.15, 0.2) is 0 Å². The van der Waals surface area contributed by atoms with Crippen LogP contribution in [0.2, 0.25) is 0 Å². The number of aromatic nitrogens is 2. The van der Waals surface area contributed by atoms with Crippen molar-refractivity contribution in [2.45, 2.75) is 65.3 Å². The van der Waals surface area contributed by atoms with Gasteiger partial charge in [0.2, 0.25) is 5.82 Å². The Hall–Kier alpha value is -3.70. The molecule has 196 valence electrons. The maximum Gasteiger partial charge on any atom is 0.410 e. The number of hydrogen-bond donors (Lipinski definition) is 0. The number of likely N-dealkylation sites (tertiary alicyclic amines) is 1. The van der Waals surface area contributed by atoms with E-state index in [1.54, 1.807) is 46.2 Å². The summed E-state index contributed by atoms with van der Waals surface area (Å²) in [6.07, 6.45) is 0.365. The third-order valence-electron chi connectivity index (χ3n) is 5.32. The summed E-state index contributed by atoms with van der Waals surface area (Å²) in [5, 5.41) is 15.7. The lowest BCUT2D eigenvalue weighted by Crippen LogP contribution is -2.52. The third kappa shape index (κ3) is 6.10. The molecular weight excluding hydrogens is 473 g/mol. The van der Waals surface area contributed by atoms with Gasteiger partial charge in [0.1, 0.15) is 11.2 Å². The van der Waals surface area contributed by atoms with Crippen LogP contribution < -0.4 is 0 Å². The van der Waals surface area contributed by atoms with Crippen LogP contribution in [0, 0.1) is 15.9 Å². The maximum atomic E-state index is 15.1. The van der Waals surface area contributed by atoms with E-state index in [0.717, 1.165) is 6.07 Å². The molecular formula is C24H32FN5O6. The van der Waals surface area contributed by atoms with E-state index in [1.807, 2.05) is 0 Å². The number of carbonyl (C=O) groups excluding carboxylic acids is 2. The smallest absolute Gasteiger partial charge is 0.410 e. The predicted octanol–water partition coefficient (Wildman–Crippen LogP) is 4.76. The van der Waals surface area contributed by atoms with Crippen molar-refractivity contribution in [3.8, 4) is 11.1 Å². The lowest BCUT2D eigenvalue weighted by atomic mass is 10.0. The van der Waals surface area contributed by atoms with E-state index in [4.69, 9.17) is 9.47 Å². The first kappa shape index (κ1) is 26.9. The highest BCUT2D eigenvalue weighted by molar-refractivity contribution is 5.72. The van der Waals surface area contributed by atoms with Gasteiger partial charge >= 0.3 is 17.9 Å². The van der Waals surface area contributed by atoms with Crippen molar-refractivity contribution >= 4 is 17.9 Å². The highest BCUT2D eigenvalue weighted by atomic mass is 19.1. The number of ether oxygens (including phenoxy) is 2. The summed E-state index contributed by atoms with van der Waals surface area (Å²) in [5.74, 6) is -0.993. The monoisotopic (exact) mass is 505 g/mol. The molecule has 0 spiro atoms. The molecule has 1 aliphatic rings.